The van der Waals surface area contributed by atoms with Crippen molar-refractivity contribution < 1.29 is 37.0 Å². The van der Waals surface area contributed by atoms with E-state index in [1.54, 1.807) is 0 Å². The maximum atomic E-state index is 7.00. The fourth-order valence-corrected chi connectivity index (χ4v) is 1.53. The van der Waals surface area contributed by atoms with Crippen molar-refractivity contribution in [3.05, 3.63) is 55.6 Å². The summed E-state index contributed by atoms with van der Waals surface area (Å²) in [5.74, 6) is 0. The molecule has 1 aromatic rings. The fourth-order valence-electron chi connectivity index (χ4n) is 1.53. The molecule has 0 atom stereocenters. The Labute approximate surface area is 156 Å². The minimum Gasteiger partial charge on any atom is -0.400 e. The molecule has 0 radical (unpaired) electrons. The van der Waals surface area contributed by atoms with Gasteiger partial charge in [0.15, 0.2) is 0 Å². The van der Waals surface area contributed by atoms with E-state index in [0.29, 0.717) is 0 Å². The van der Waals surface area contributed by atoms with E-state index in [1.165, 1.54) is 5.56 Å². The van der Waals surface area contributed by atoms with Crippen molar-refractivity contribution in [1.82, 2.24) is 10.2 Å². The van der Waals surface area contributed by atoms with Gasteiger partial charge in [0.05, 0.1) is 0 Å². The van der Waals surface area contributed by atoms with Crippen molar-refractivity contribution in [2.75, 3.05) is 41.0 Å². The summed E-state index contributed by atoms with van der Waals surface area (Å²) >= 11 is 0. The van der Waals surface area contributed by atoms with Gasteiger partial charge in [-0.1, -0.05) is 36.9 Å². The Morgan fingerprint density at radius 3 is 2.00 bits per heavy atom. The smallest absolute Gasteiger partial charge is 0.0424 e. The van der Waals surface area contributed by atoms with Crippen LogP contribution in [0, 0.1) is 6.92 Å². The largest absolute Gasteiger partial charge is 0.400 e. The van der Waals surface area contributed by atoms with E-state index in [4.69, 9.17) is 15.3 Å². The van der Waals surface area contributed by atoms with Crippen LogP contribution in [-0.2, 0) is 28.3 Å². The second kappa shape index (κ2) is 29.3. The molecule has 4 N–H and O–H groups in total. The van der Waals surface area contributed by atoms with Crippen LogP contribution >= 0.6 is 0 Å². The summed E-state index contributed by atoms with van der Waals surface area (Å²) in [5.41, 5.74) is 1.32. The number of nitrogens with zero attached hydrogens (tertiary/aromatic N) is 1. The summed E-state index contributed by atoms with van der Waals surface area (Å²) < 4.78 is 0. The van der Waals surface area contributed by atoms with Crippen LogP contribution in [0.15, 0.2) is 43.1 Å². The molecule has 0 aliphatic heterocycles. The molecule has 0 fully saturated rings. The Kier molecular flexibility index (Phi) is 38.6. The van der Waals surface area contributed by atoms with E-state index < -0.39 is 0 Å². The molecule has 0 bridgehead atoms. The Balaban J connectivity index is -0.000000231. The van der Waals surface area contributed by atoms with Crippen molar-refractivity contribution in [1.29, 1.82) is 0 Å². The number of benzene rings is 1. The molecule has 1 rings (SSSR count). The Morgan fingerprint density at radius 1 is 1.04 bits per heavy atom. The minimum absolute atomic E-state index is 0. The van der Waals surface area contributed by atoms with E-state index in [0.717, 1.165) is 53.9 Å². The first kappa shape index (κ1) is 30.2. The van der Waals surface area contributed by atoms with Crippen molar-refractivity contribution >= 4 is 0 Å². The second-order valence-corrected chi connectivity index (χ2v) is 3.74. The van der Waals surface area contributed by atoms with E-state index in [9.17, 15) is 0 Å². The third-order valence-electron chi connectivity index (χ3n) is 2.42. The maximum absolute atomic E-state index is 7.00. The van der Waals surface area contributed by atoms with Crippen LogP contribution in [0.25, 0.3) is 0 Å². The molecule has 0 spiro atoms. The Bertz CT molecular complexity index is 301. The molecule has 0 unspecified atom stereocenters. The van der Waals surface area contributed by atoms with Crippen LogP contribution in [0.3, 0.4) is 0 Å². The minimum atomic E-state index is 0. The number of rotatable bonds is 8. The van der Waals surface area contributed by atoms with Crippen molar-refractivity contribution in [3.63, 3.8) is 0 Å². The van der Waals surface area contributed by atoms with Crippen LogP contribution in [0.1, 0.15) is 12.0 Å². The first-order valence-electron chi connectivity index (χ1n) is 7.11. The van der Waals surface area contributed by atoms with Crippen LogP contribution in [0.4, 0.5) is 0 Å². The molecule has 6 heteroatoms. The predicted molar refractivity (Wildman–Crippen MR) is 94.3 cm³/mol. The zero-order chi connectivity index (χ0) is 17.6. The van der Waals surface area contributed by atoms with Gasteiger partial charge < -0.3 is 32.5 Å². The fraction of sp³-hybridized carbons (Fsp3) is 0.471. The third-order valence-corrected chi connectivity index (χ3v) is 2.42. The topological polar surface area (TPSA) is 76.0 Å². The van der Waals surface area contributed by atoms with Gasteiger partial charge >= 0.3 is 0 Å². The molecule has 0 aliphatic rings. The van der Waals surface area contributed by atoms with Crippen LogP contribution < -0.4 is 5.32 Å². The van der Waals surface area contributed by atoms with Crippen molar-refractivity contribution in [2.45, 2.75) is 13.0 Å². The zero-order valence-corrected chi connectivity index (χ0v) is 16.3. The molecule has 1 aromatic carbocycles. The standard InChI is InChI=1S/C14H21N2.3CH4O.Ti/c1-3-10-15-11-12-16(4-2)13-14-8-6-5-7-9-14;3*1-2;/h4-9,15H,1-3,10-13H2;3*2H,1H3;/q-1;;;;. The van der Waals surface area contributed by atoms with Crippen LogP contribution in [-0.4, -0.2) is 61.2 Å². The normalized spacial score (nSPS) is 7.78. The van der Waals surface area contributed by atoms with Gasteiger partial charge in [-0.05, 0) is 18.3 Å². The summed E-state index contributed by atoms with van der Waals surface area (Å²) in [6.45, 7) is 11.5. The van der Waals surface area contributed by atoms with Crippen LogP contribution in [0.2, 0.25) is 0 Å². The number of hydrogen-bond donors (Lipinski definition) is 4. The third kappa shape index (κ3) is 21.3. The molecule has 134 valence electrons. The van der Waals surface area contributed by atoms with E-state index in [2.05, 4.69) is 48.0 Å². The summed E-state index contributed by atoms with van der Waals surface area (Å²) in [4.78, 5) is 2.21. The average Bonchev–Trinajstić information content (AvgIpc) is 2.63. The maximum Gasteiger partial charge on any atom is 0.0424 e. The van der Waals surface area contributed by atoms with Gasteiger partial charge in [0.25, 0.3) is 0 Å². The molecule has 0 aromatic heterocycles. The first-order valence-corrected chi connectivity index (χ1v) is 7.11. The molecule has 5 nitrogen and oxygen atoms in total. The number of aliphatic hydroxyl groups is 3. The molecular weight excluding hydrogens is 328 g/mol. The van der Waals surface area contributed by atoms with E-state index in [-0.39, 0.29) is 21.7 Å². The summed E-state index contributed by atoms with van der Waals surface area (Å²) in [7, 11) is 3.00. The summed E-state index contributed by atoms with van der Waals surface area (Å²) in [5, 5.41) is 24.3. The molecule has 0 saturated heterocycles. The second-order valence-electron chi connectivity index (χ2n) is 3.74. The average molecular weight is 361 g/mol. The number of aliphatic hydroxyl groups excluding tert-OH is 3. The van der Waals surface area contributed by atoms with Crippen molar-refractivity contribution in [3.8, 4) is 0 Å². The number of nitrogens with one attached hydrogen (secondary N) is 1. The molecule has 0 amide bonds. The van der Waals surface area contributed by atoms with E-state index >= 15 is 0 Å². The molecule has 0 aliphatic carbocycles. The first-order chi connectivity index (χ1) is 10.9. The van der Waals surface area contributed by atoms with Crippen LogP contribution in [0.5, 0.6) is 0 Å². The summed E-state index contributed by atoms with van der Waals surface area (Å²) in [6, 6.07) is 10.5. The predicted octanol–water partition coefficient (Wildman–Crippen LogP) is 1.27. The zero-order valence-electron chi connectivity index (χ0n) is 14.7. The molecule has 23 heavy (non-hydrogen) atoms. The SMILES string of the molecule is C=CN(CCNCC[CH2-])Cc1ccccc1.CO.CO.CO.[Ti]. The van der Waals surface area contributed by atoms with E-state index in [1.807, 2.05) is 12.3 Å². The summed E-state index contributed by atoms with van der Waals surface area (Å²) in [6.07, 6.45) is 2.84. The molecule has 0 heterocycles. The quantitative estimate of drug-likeness (QED) is 0.319. The number of hydrogen-bond acceptors (Lipinski definition) is 5. The van der Waals surface area contributed by atoms with Gasteiger partial charge in [-0.2, -0.15) is 6.42 Å². The monoisotopic (exact) mass is 361 g/mol. The van der Waals surface area contributed by atoms with Gasteiger partial charge in [-0.25, -0.2) is 0 Å². The van der Waals surface area contributed by atoms with Gasteiger partial charge in [0.2, 0.25) is 0 Å². The van der Waals surface area contributed by atoms with Gasteiger partial charge in [0, 0.05) is 62.7 Å². The Hall–Kier alpha value is -0.686. The molecular formula is C17H33N2O3Ti-. The van der Waals surface area contributed by atoms with Gasteiger partial charge in [0.1, 0.15) is 0 Å². The van der Waals surface area contributed by atoms with Gasteiger partial charge in [-0.3, -0.25) is 0 Å². The van der Waals surface area contributed by atoms with Crippen molar-refractivity contribution in [2.24, 2.45) is 0 Å². The van der Waals surface area contributed by atoms with Gasteiger partial charge in [-0.15, -0.1) is 0 Å². The Morgan fingerprint density at radius 2 is 1.57 bits per heavy atom. The molecule has 0 saturated carbocycles.